The van der Waals surface area contributed by atoms with E-state index in [2.05, 4.69) is 5.32 Å². The Morgan fingerprint density at radius 3 is 2.16 bits per heavy atom. The molecular formula is C30H30N2O5. The summed E-state index contributed by atoms with van der Waals surface area (Å²) >= 11 is 0. The number of nitrogens with one attached hydrogen (secondary N) is 1. The van der Waals surface area contributed by atoms with E-state index in [9.17, 15) is 14.4 Å². The second kappa shape index (κ2) is 9.73. The molecule has 37 heavy (non-hydrogen) atoms. The first-order chi connectivity index (χ1) is 17.9. The van der Waals surface area contributed by atoms with Crippen LogP contribution in [0.15, 0.2) is 84.9 Å². The summed E-state index contributed by atoms with van der Waals surface area (Å²) in [6.07, 6.45) is 0. The summed E-state index contributed by atoms with van der Waals surface area (Å²) in [4.78, 5) is 42.6. The predicted octanol–water partition coefficient (Wildman–Crippen LogP) is 4.19. The summed E-state index contributed by atoms with van der Waals surface area (Å²) in [6.45, 7) is 3.79. The fourth-order valence-corrected chi connectivity index (χ4v) is 5.77. The minimum Gasteiger partial charge on any atom is -0.497 e. The first-order valence-corrected chi connectivity index (χ1v) is 12.5. The molecule has 0 radical (unpaired) electrons. The molecule has 1 aliphatic carbocycles. The van der Waals surface area contributed by atoms with Gasteiger partial charge in [0, 0.05) is 23.1 Å². The zero-order chi connectivity index (χ0) is 26.2. The molecule has 190 valence electrons. The molecule has 1 heterocycles. The molecule has 0 aromatic heterocycles. The van der Waals surface area contributed by atoms with Crippen molar-refractivity contribution in [2.75, 3.05) is 18.6 Å². The Morgan fingerprint density at radius 2 is 1.57 bits per heavy atom. The first kappa shape index (κ1) is 24.6. The van der Waals surface area contributed by atoms with Crippen LogP contribution in [0, 0.1) is 11.8 Å². The molecule has 5 rings (SSSR count). The van der Waals surface area contributed by atoms with Crippen molar-refractivity contribution in [2.45, 2.75) is 31.3 Å². The van der Waals surface area contributed by atoms with Gasteiger partial charge in [-0.15, -0.1) is 0 Å². The molecule has 3 aromatic carbocycles. The summed E-state index contributed by atoms with van der Waals surface area (Å²) in [5.74, 6) is -1.47. The van der Waals surface area contributed by atoms with Crippen molar-refractivity contribution in [3.63, 3.8) is 0 Å². The lowest BCUT2D eigenvalue weighted by Crippen LogP contribution is -2.65. The average molecular weight is 499 g/mol. The van der Waals surface area contributed by atoms with Crippen LogP contribution >= 0.6 is 0 Å². The molecule has 1 N–H and O–H groups in total. The van der Waals surface area contributed by atoms with Crippen LogP contribution in [0.2, 0.25) is 0 Å². The van der Waals surface area contributed by atoms with Crippen molar-refractivity contribution in [3.8, 4) is 5.75 Å². The molecule has 1 aliphatic heterocycles. The van der Waals surface area contributed by atoms with E-state index in [1.807, 2.05) is 36.4 Å². The van der Waals surface area contributed by atoms with Crippen LogP contribution in [0.1, 0.15) is 35.7 Å². The third kappa shape index (κ3) is 4.24. The predicted molar refractivity (Wildman–Crippen MR) is 139 cm³/mol. The maximum absolute atomic E-state index is 14.4. The molecule has 0 bridgehead atoms. The average Bonchev–Trinajstić information content (AvgIpc) is 3.64. The number of esters is 1. The second-order valence-corrected chi connectivity index (χ2v) is 9.63. The summed E-state index contributed by atoms with van der Waals surface area (Å²) in [7, 11) is 1.58. The third-order valence-electron chi connectivity index (χ3n) is 7.48. The zero-order valence-corrected chi connectivity index (χ0v) is 21.1. The fraction of sp³-hybridized carbons (Fsp3) is 0.300. The molecule has 0 unspecified atom stereocenters. The van der Waals surface area contributed by atoms with Gasteiger partial charge in [-0.05, 0) is 55.8 Å². The van der Waals surface area contributed by atoms with E-state index < -0.39 is 17.4 Å². The highest BCUT2D eigenvalue weighted by Crippen LogP contribution is 2.60. The Kier molecular flexibility index (Phi) is 6.46. The molecule has 7 heteroatoms. The zero-order valence-electron chi connectivity index (χ0n) is 21.1. The van der Waals surface area contributed by atoms with Gasteiger partial charge in [-0.2, -0.15) is 0 Å². The van der Waals surface area contributed by atoms with Crippen LogP contribution in [0.5, 0.6) is 5.75 Å². The second-order valence-electron chi connectivity index (χ2n) is 9.63. The van der Waals surface area contributed by atoms with Gasteiger partial charge in [-0.1, -0.05) is 48.5 Å². The summed E-state index contributed by atoms with van der Waals surface area (Å²) in [5, 5.41) is 3.07. The molecule has 0 spiro atoms. The SMILES string of the molecule is CCOC(=O)[C@H]1[C@H]2[C@@H]1N(c1ccc(OC)cc1)C(=O)[C@](C)(NC(=O)c1ccccc1)[C@H]2c1ccccc1. The summed E-state index contributed by atoms with van der Waals surface area (Å²) in [6, 6.07) is 25.2. The number of hydrogen-bond acceptors (Lipinski definition) is 5. The van der Waals surface area contributed by atoms with Crippen LogP contribution in [-0.4, -0.2) is 43.1 Å². The van der Waals surface area contributed by atoms with Crippen molar-refractivity contribution in [1.29, 1.82) is 0 Å². The number of ether oxygens (including phenoxy) is 2. The molecule has 1 saturated carbocycles. The van der Waals surface area contributed by atoms with Crippen molar-refractivity contribution >= 4 is 23.5 Å². The standard InChI is InChI=1S/C30H30N2O5/c1-4-37-28(34)24-23-25(19-11-7-5-8-12-19)30(2,31-27(33)20-13-9-6-10-14-20)29(35)32(26(23)24)21-15-17-22(36-3)18-16-21/h5-18,23-26H,4H2,1-3H3,(H,31,33)/t23-,24+,25+,26+,30-/m1/s1. The van der Waals surface area contributed by atoms with E-state index in [0.717, 1.165) is 5.56 Å². The fourth-order valence-electron chi connectivity index (χ4n) is 5.77. The Hall–Kier alpha value is -4.13. The number of hydrogen-bond donors (Lipinski definition) is 1. The largest absolute Gasteiger partial charge is 0.497 e. The highest BCUT2D eigenvalue weighted by atomic mass is 16.5. The van der Waals surface area contributed by atoms with Crippen LogP contribution in [-0.2, 0) is 14.3 Å². The molecule has 3 aromatic rings. The molecule has 2 fully saturated rings. The smallest absolute Gasteiger partial charge is 0.311 e. The van der Waals surface area contributed by atoms with Gasteiger partial charge < -0.3 is 19.7 Å². The molecule has 2 aliphatic rings. The van der Waals surface area contributed by atoms with Crippen LogP contribution < -0.4 is 15.0 Å². The maximum Gasteiger partial charge on any atom is 0.311 e. The number of benzene rings is 3. The van der Waals surface area contributed by atoms with Gasteiger partial charge in [0.25, 0.3) is 11.8 Å². The van der Waals surface area contributed by atoms with Gasteiger partial charge in [-0.25, -0.2) is 0 Å². The number of fused-ring (bicyclic) bond motifs is 1. The summed E-state index contributed by atoms with van der Waals surface area (Å²) < 4.78 is 10.7. The van der Waals surface area contributed by atoms with Gasteiger partial charge >= 0.3 is 5.97 Å². The number of amides is 2. The molecule has 7 nitrogen and oxygen atoms in total. The first-order valence-electron chi connectivity index (χ1n) is 12.5. The van der Waals surface area contributed by atoms with E-state index in [1.165, 1.54) is 0 Å². The molecular weight excluding hydrogens is 468 g/mol. The van der Waals surface area contributed by atoms with Gasteiger partial charge in [0.15, 0.2) is 0 Å². The van der Waals surface area contributed by atoms with Crippen molar-refractivity contribution in [1.82, 2.24) is 5.32 Å². The topological polar surface area (TPSA) is 84.9 Å². The Labute approximate surface area is 216 Å². The highest BCUT2D eigenvalue weighted by molar-refractivity contribution is 6.08. The Balaban J connectivity index is 1.63. The van der Waals surface area contributed by atoms with Crippen LogP contribution in [0.3, 0.4) is 0 Å². The number of nitrogens with zero attached hydrogens (tertiary/aromatic N) is 1. The molecule has 5 atom stereocenters. The third-order valence-corrected chi connectivity index (χ3v) is 7.48. The molecule has 2 amide bonds. The van der Waals surface area contributed by atoms with E-state index in [1.54, 1.807) is 74.4 Å². The van der Waals surface area contributed by atoms with Crippen molar-refractivity contribution < 1.29 is 23.9 Å². The normalized spacial score (nSPS) is 26.1. The quantitative estimate of drug-likeness (QED) is 0.494. The summed E-state index contributed by atoms with van der Waals surface area (Å²) in [5.41, 5.74) is 0.665. The van der Waals surface area contributed by atoms with Crippen LogP contribution in [0.25, 0.3) is 0 Å². The van der Waals surface area contributed by atoms with E-state index in [-0.39, 0.29) is 36.4 Å². The van der Waals surface area contributed by atoms with Gasteiger partial charge in [-0.3, -0.25) is 14.4 Å². The van der Waals surface area contributed by atoms with E-state index >= 15 is 0 Å². The number of carbonyl (C=O) groups excluding carboxylic acids is 3. The number of anilines is 1. The maximum atomic E-state index is 14.4. The number of methoxy groups -OCH3 is 1. The van der Waals surface area contributed by atoms with E-state index in [0.29, 0.717) is 17.0 Å². The minimum absolute atomic E-state index is 0.234. The van der Waals surface area contributed by atoms with Crippen molar-refractivity contribution in [2.24, 2.45) is 11.8 Å². The number of piperidine rings is 1. The Morgan fingerprint density at radius 1 is 0.946 bits per heavy atom. The van der Waals surface area contributed by atoms with E-state index in [4.69, 9.17) is 9.47 Å². The molecule has 1 saturated heterocycles. The number of rotatable bonds is 7. The van der Waals surface area contributed by atoms with Crippen molar-refractivity contribution in [3.05, 3.63) is 96.1 Å². The lowest BCUT2D eigenvalue weighted by atomic mass is 9.73. The monoisotopic (exact) mass is 498 g/mol. The lowest BCUT2D eigenvalue weighted by molar-refractivity contribution is -0.145. The number of carbonyl (C=O) groups is 3. The lowest BCUT2D eigenvalue weighted by Gasteiger charge is -2.45. The highest BCUT2D eigenvalue weighted by Gasteiger charge is 2.72. The van der Waals surface area contributed by atoms with Gasteiger partial charge in [0.2, 0.25) is 0 Å². The van der Waals surface area contributed by atoms with Gasteiger partial charge in [0.1, 0.15) is 11.3 Å². The van der Waals surface area contributed by atoms with Gasteiger partial charge in [0.05, 0.1) is 25.7 Å². The minimum atomic E-state index is -1.32. The van der Waals surface area contributed by atoms with Crippen LogP contribution in [0.4, 0.5) is 5.69 Å². The Bertz CT molecular complexity index is 1290.